The fourth-order valence-corrected chi connectivity index (χ4v) is 2.14. The van der Waals surface area contributed by atoms with Crippen molar-refractivity contribution in [3.8, 4) is 0 Å². The predicted molar refractivity (Wildman–Crippen MR) is 64.7 cm³/mol. The van der Waals surface area contributed by atoms with E-state index >= 15 is 0 Å². The Morgan fingerprint density at radius 3 is 2.74 bits per heavy atom. The van der Waals surface area contributed by atoms with Crippen molar-refractivity contribution in [2.75, 3.05) is 39.4 Å². The zero-order chi connectivity index (χ0) is 14.3. The topological polar surface area (TPSA) is 41.6 Å². The summed E-state index contributed by atoms with van der Waals surface area (Å²) in [6.45, 7) is 2.85. The van der Waals surface area contributed by atoms with Crippen LogP contribution in [0.4, 0.5) is 13.2 Å². The number of halogens is 3. The summed E-state index contributed by atoms with van der Waals surface area (Å²) < 4.78 is 40.1. The lowest BCUT2D eigenvalue weighted by Gasteiger charge is -2.29. The molecule has 0 aromatic carbocycles. The van der Waals surface area contributed by atoms with Gasteiger partial charge in [0.2, 0.25) is 5.91 Å². The summed E-state index contributed by atoms with van der Waals surface area (Å²) in [6, 6.07) is 0. The number of piperidine rings is 1. The monoisotopic (exact) mass is 282 g/mol. The molecule has 7 heteroatoms. The first kappa shape index (κ1) is 16.2. The molecule has 0 saturated carbocycles. The number of rotatable bonds is 6. The van der Waals surface area contributed by atoms with Crippen molar-refractivity contribution < 1.29 is 22.7 Å². The van der Waals surface area contributed by atoms with E-state index in [1.807, 2.05) is 6.92 Å². The third kappa shape index (κ3) is 6.77. The van der Waals surface area contributed by atoms with Gasteiger partial charge in [0.15, 0.2) is 0 Å². The quantitative estimate of drug-likeness (QED) is 0.801. The molecule has 1 atom stereocenters. The first-order chi connectivity index (χ1) is 8.92. The smallest absolute Gasteiger partial charge is 0.362 e. The van der Waals surface area contributed by atoms with Crippen LogP contribution in [-0.4, -0.2) is 56.4 Å². The van der Waals surface area contributed by atoms with Gasteiger partial charge in [0.25, 0.3) is 0 Å². The third-order valence-electron chi connectivity index (χ3n) is 3.10. The number of ether oxygens (including phenoxy) is 1. The van der Waals surface area contributed by atoms with Crippen LogP contribution in [0.3, 0.4) is 0 Å². The highest BCUT2D eigenvalue weighted by molar-refractivity contribution is 5.77. The van der Waals surface area contributed by atoms with Crippen molar-refractivity contribution in [3.63, 3.8) is 0 Å². The summed E-state index contributed by atoms with van der Waals surface area (Å²) in [6.07, 6.45) is -2.27. The number of alkyl halides is 3. The van der Waals surface area contributed by atoms with E-state index in [2.05, 4.69) is 10.1 Å². The van der Waals surface area contributed by atoms with Crippen LogP contribution in [-0.2, 0) is 9.53 Å². The molecule has 0 spiro atoms. The molecule has 1 aliphatic rings. The standard InChI is InChI=1S/C12H21F3N2O2/c1-2-17(7-10-4-3-5-16-6-10)11(18)8-19-9-12(13,14)15/h10,16H,2-9H2,1H3. The van der Waals surface area contributed by atoms with Gasteiger partial charge in [-0.3, -0.25) is 4.79 Å². The van der Waals surface area contributed by atoms with E-state index in [9.17, 15) is 18.0 Å². The highest BCUT2D eigenvalue weighted by Crippen LogP contribution is 2.15. The maximum atomic E-state index is 11.9. The fraction of sp³-hybridized carbons (Fsp3) is 0.917. The molecule has 1 rings (SSSR count). The van der Waals surface area contributed by atoms with Crippen LogP contribution in [0.1, 0.15) is 19.8 Å². The normalized spacial score (nSPS) is 20.3. The predicted octanol–water partition coefficient (Wildman–Crippen LogP) is 1.41. The maximum absolute atomic E-state index is 11.9. The highest BCUT2D eigenvalue weighted by atomic mass is 19.4. The van der Waals surface area contributed by atoms with Crippen LogP contribution in [0.5, 0.6) is 0 Å². The first-order valence-electron chi connectivity index (χ1n) is 6.55. The van der Waals surface area contributed by atoms with Crippen LogP contribution in [0, 0.1) is 5.92 Å². The van der Waals surface area contributed by atoms with E-state index in [1.165, 1.54) is 0 Å². The zero-order valence-corrected chi connectivity index (χ0v) is 11.1. The van der Waals surface area contributed by atoms with E-state index in [1.54, 1.807) is 4.90 Å². The Balaban J connectivity index is 2.30. The Kier molecular flexibility index (Phi) is 6.57. The number of carbonyl (C=O) groups is 1. The molecule has 1 amide bonds. The first-order valence-corrected chi connectivity index (χ1v) is 6.55. The Labute approximate surface area is 111 Å². The number of nitrogens with zero attached hydrogens (tertiary/aromatic N) is 1. The van der Waals surface area contributed by atoms with Gasteiger partial charge in [-0.1, -0.05) is 0 Å². The summed E-state index contributed by atoms with van der Waals surface area (Å²) in [4.78, 5) is 13.3. The maximum Gasteiger partial charge on any atom is 0.411 e. The average molecular weight is 282 g/mol. The lowest BCUT2D eigenvalue weighted by Crippen LogP contribution is -2.42. The molecule has 1 N–H and O–H groups in total. The molecular formula is C12H21F3N2O2. The number of nitrogens with one attached hydrogen (secondary N) is 1. The number of carbonyl (C=O) groups excluding carboxylic acids is 1. The molecule has 0 aliphatic carbocycles. The van der Waals surface area contributed by atoms with Crippen LogP contribution >= 0.6 is 0 Å². The summed E-state index contributed by atoms with van der Waals surface area (Å²) >= 11 is 0. The Bertz CT molecular complexity index is 279. The van der Waals surface area contributed by atoms with E-state index in [0.717, 1.165) is 25.9 Å². The molecule has 1 fully saturated rings. The summed E-state index contributed by atoms with van der Waals surface area (Å²) in [5, 5.41) is 3.25. The van der Waals surface area contributed by atoms with Crippen molar-refractivity contribution in [2.45, 2.75) is 25.9 Å². The molecule has 1 saturated heterocycles. The van der Waals surface area contributed by atoms with Gasteiger partial charge in [-0.05, 0) is 38.8 Å². The largest absolute Gasteiger partial charge is 0.411 e. The van der Waals surface area contributed by atoms with Crippen molar-refractivity contribution in [3.05, 3.63) is 0 Å². The molecule has 19 heavy (non-hydrogen) atoms. The third-order valence-corrected chi connectivity index (χ3v) is 3.10. The zero-order valence-electron chi connectivity index (χ0n) is 11.1. The summed E-state index contributed by atoms with van der Waals surface area (Å²) in [5.41, 5.74) is 0. The fourth-order valence-electron chi connectivity index (χ4n) is 2.14. The molecule has 0 radical (unpaired) electrons. The Morgan fingerprint density at radius 2 is 2.21 bits per heavy atom. The van der Waals surface area contributed by atoms with Crippen LogP contribution in [0.25, 0.3) is 0 Å². The second-order valence-electron chi connectivity index (χ2n) is 4.75. The van der Waals surface area contributed by atoms with E-state index < -0.39 is 19.4 Å². The molecular weight excluding hydrogens is 261 g/mol. The van der Waals surface area contributed by atoms with Gasteiger partial charge in [-0.2, -0.15) is 13.2 Å². The molecule has 0 aromatic heterocycles. The molecule has 4 nitrogen and oxygen atoms in total. The summed E-state index contributed by atoms with van der Waals surface area (Å²) in [7, 11) is 0. The minimum atomic E-state index is -4.38. The lowest BCUT2D eigenvalue weighted by molar-refractivity contribution is -0.177. The van der Waals surface area contributed by atoms with Gasteiger partial charge in [-0.25, -0.2) is 0 Å². The second kappa shape index (κ2) is 7.69. The van der Waals surface area contributed by atoms with Gasteiger partial charge in [0, 0.05) is 13.1 Å². The lowest BCUT2D eigenvalue weighted by atomic mass is 9.99. The van der Waals surface area contributed by atoms with E-state index in [4.69, 9.17) is 0 Å². The Morgan fingerprint density at radius 1 is 1.47 bits per heavy atom. The van der Waals surface area contributed by atoms with Crippen molar-refractivity contribution in [2.24, 2.45) is 5.92 Å². The minimum absolute atomic E-state index is 0.375. The van der Waals surface area contributed by atoms with Gasteiger partial charge in [-0.15, -0.1) is 0 Å². The molecule has 1 aliphatic heterocycles. The number of hydrogen-bond acceptors (Lipinski definition) is 3. The molecule has 112 valence electrons. The minimum Gasteiger partial charge on any atom is -0.362 e. The number of amides is 1. The van der Waals surface area contributed by atoms with Gasteiger partial charge < -0.3 is 15.0 Å². The van der Waals surface area contributed by atoms with Crippen LogP contribution < -0.4 is 5.32 Å². The van der Waals surface area contributed by atoms with E-state index in [0.29, 0.717) is 19.0 Å². The van der Waals surface area contributed by atoms with Crippen LogP contribution in [0.15, 0.2) is 0 Å². The van der Waals surface area contributed by atoms with Crippen molar-refractivity contribution in [1.82, 2.24) is 10.2 Å². The van der Waals surface area contributed by atoms with Gasteiger partial charge in [0.1, 0.15) is 13.2 Å². The SMILES string of the molecule is CCN(CC1CCCNC1)C(=O)COCC(F)(F)F. The Hall–Kier alpha value is -0.820. The van der Waals surface area contributed by atoms with Gasteiger partial charge >= 0.3 is 6.18 Å². The van der Waals surface area contributed by atoms with Crippen molar-refractivity contribution >= 4 is 5.91 Å². The molecule has 0 bridgehead atoms. The van der Waals surface area contributed by atoms with E-state index in [-0.39, 0.29) is 5.91 Å². The molecule has 1 heterocycles. The second-order valence-corrected chi connectivity index (χ2v) is 4.75. The number of hydrogen-bond donors (Lipinski definition) is 1. The molecule has 0 aromatic rings. The van der Waals surface area contributed by atoms with Crippen LogP contribution in [0.2, 0.25) is 0 Å². The summed E-state index contributed by atoms with van der Waals surface area (Å²) in [5.74, 6) is -0.00223. The van der Waals surface area contributed by atoms with Crippen molar-refractivity contribution in [1.29, 1.82) is 0 Å². The highest BCUT2D eigenvalue weighted by Gasteiger charge is 2.28. The van der Waals surface area contributed by atoms with Gasteiger partial charge in [0.05, 0.1) is 0 Å². The average Bonchev–Trinajstić information content (AvgIpc) is 2.35. The molecule has 1 unspecified atom stereocenters. The number of likely N-dealkylation sites (N-methyl/N-ethyl adjacent to an activating group) is 1.